The van der Waals surface area contributed by atoms with Crippen molar-refractivity contribution in [2.75, 3.05) is 20.3 Å². The quantitative estimate of drug-likeness (QED) is 0.473. The minimum Gasteiger partial charge on any atom is -0.480 e. The van der Waals surface area contributed by atoms with Crippen molar-refractivity contribution in [3.63, 3.8) is 0 Å². The molecule has 0 aliphatic heterocycles. The lowest BCUT2D eigenvalue weighted by atomic mass is 9.87. The Labute approximate surface area is 206 Å². The average Bonchev–Trinajstić information content (AvgIpc) is 3.10. The standard InChI is InChI=1S/C27H34N2O6/c1-27(2,3)14-17(13-24(30)29-23(16-34-4)25(31)32)28-26(33)35-15-22-20-11-7-5-9-18(20)19-10-6-8-12-21(19)22/h5-12,17,22-23H,13-16H2,1-4H3,(H,28,33)(H,29,30)(H,31,32). The van der Waals surface area contributed by atoms with Gasteiger partial charge in [0.05, 0.1) is 6.61 Å². The summed E-state index contributed by atoms with van der Waals surface area (Å²) in [7, 11) is 1.36. The fourth-order valence-corrected chi connectivity index (χ4v) is 4.54. The second kappa shape index (κ2) is 11.4. The van der Waals surface area contributed by atoms with Crippen LogP contribution in [0, 0.1) is 5.41 Å². The van der Waals surface area contributed by atoms with E-state index < -0.39 is 30.1 Å². The minimum absolute atomic E-state index is 0.0668. The number of amides is 2. The maximum Gasteiger partial charge on any atom is 0.407 e. The van der Waals surface area contributed by atoms with Crippen molar-refractivity contribution in [1.29, 1.82) is 0 Å². The maximum absolute atomic E-state index is 12.8. The van der Waals surface area contributed by atoms with Gasteiger partial charge in [-0.15, -0.1) is 0 Å². The number of nitrogens with one attached hydrogen (secondary N) is 2. The van der Waals surface area contributed by atoms with Crippen molar-refractivity contribution in [1.82, 2.24) is 10.6 Å². The highest BCUT2D eigenvalue weighted by Crippen LogP contribution is 2.44. The van der Waals surface area contributed by atoms with Crippen molar-refractivity contribution in [2.24, 2.45) is 5.41 Å². The van der Waals surface area contributed by atoms with Gasteiger partial charge in [-0.3, -0.25) is 4.79 Å². The summed E-state index contributed by atoms with van der Waals surface area (Å²) < 4.78 is 10.5. The zero-order valence-electron chi connectivity index (χ0n) is 20.7. The molecule has 0 bridgehead atoms. The van der Waals surface area contributed by atoms with Crippen molar-refractivity contribution in [3.8, 4) is 11.1 Å². The summed E-state index contributed by atoms with van der Waals surface area (Å²) in [5.74, 6) is -1.73. The van der Waals surface area contributed by atoms with Gasteiger partial charge in [0, 0.05) is 25.5 Å². The van der Waals surface area contributed by atoms with Gasteiger partial charge in [-0.05, 0) is 34.1 Å². The summed E-state index contributed by atoms with van der Waals surface area (Å²) in [4.78, 5) is 36.6. The number of rotatable bonds is 10. The van der Waals surface area contributed by atoms with Crippen LogP contribution in [0.1, 0.15) is 50.7 Å². The molecule has 35 heavy (non-hydrogen) atoms. The molecule has 0 saturated carbocycles. The van der Waals surface area contributed by atoms with Crippen molar-refractivity contribution >= 4 is 18.0 Å². The molecule has 2 aromatic carbocycles. The molecule has 2 amide bonds. The fourth-order valence-electron chi connectivity index (χ4n) is 4.54. The van der Waals surface area contributed by atoms with Gasteiger partial charge in [0.15, 0.2) is 6.04 Å². The first-order valence-electron chi connectivity index (χ1n) is 11.7. The van der Waals surface area contributed by atoms with Crippen LogP contribution in [0.25, 0.3) is 11.1 Å². The zero-order valence-corrected chi connectivity index (χ0v) is 20.7. The summed E-state index contributed by atoms with van der Waals surface area (Å²) in [5, 5.41) is 14.5. The topological polar surface area (TPSA) is 114 Å². The van der Waals surface area contributed by atoms with E-state index in [1.165, 1.54) is 7.11 Å². The lowest BCUT2D eigenvalue weighted by Crippen LogP contribution is -2.47. The summed E-state index contributed by atoms with van der Waals surface area (Å²) in [6.07, 6.45) is -0.178. The van der Waals surface area contributed by atoms with Crippen molar-refractivity contribution in [2.45, 2.75) is 51.6 Å². The van der Waals surface area contributed by atoms with Crippen LogP contribution in [0.15, 0.2) is 48.5 Å². The number of aliphatic carboxylic acids is 1. The van der Waals surface area contributed by atoms with E-state index in [9.17, 15) is 19.5 Å². The number of hydrogen-bond acceptors (Lipinski definition) is 5. The summed E-state index contributed by atoms with van der Waals surface area (Å²) in [6, 6.07) is 14.5. The van der Waals surface area contributed by atoms with E-state index in [-0.39, 0.29) is 31.0 Å². The number of carboxylic acid groups (broad SMARTS) is 1. The molecule has 1 aliphatic carbocycles. The van der Waals surface area contributed by atoms with E-state index in [0.29, 0.717) is 6.42 Å². The van der Waals surface area contributed by atoms with Crippen molar-refractivity contribution in [3.05, 3.63) is 59.7 Å². The van der Waals surface area contributed by atoms with Crippen LogP contribution in [0.2, 0.25) is 0 Å². The lowest BCUT2D eigenvalue weighted by Gasteiger charge is -2.27. The number of alkyl carbamates (subject to hydrolysis) is 1. The van der Waals surface area contributed by atoms with Gasteiger partial charge in [0.25, 0.3) is 0 Å². The lowest BCUT2D eigenvalue weighted by molar-refractivity contribution is -0.143. The number of ether oxygens (including phenoxy) is 2. The van der Waals surface area contributed by atoms with Gasteiger partial charge in [-0.1, -0.05) is 69.3 Å². The van der Waals surface area contributed by atoms with Gasteiger partial charge < -0.3 is 25.2 Å². The number of benzene rings is 2. The second-order valence-corrected chi connectivity index (χ2v) is 10.0. The number of carbonyl (C=O) groups excluding carboxylic acids is 2. The number of fused-ring (bicyclic) bond motifs is 3. The molecule has 0 heterocycles. The molecule has 188 valence electrons. The summed E-state index contributed by atoms with van der Waals surface area (Å²) >= 11 is 0. The normalized spacial score (nSPS) is 14.4. The Morgan fingerprint density at radius 3 is 2.06 bits per heavy atom. The third kappa shape index (κ3) is 7.05. The molecule has 2 atom stereocenters. The Bertz CT molecular complexity index is 1020. The van der Waals surface area contributed by atoms with Gasteiger partial charge in [-0.25, -0.2) is 9.59 Å². The van der Waals surface area contributed by atoms with Crippen LogP contribution >= 0.6 is 0 Å². The maximum atomic E-state index is 12.8. The van der Waals surface area contributed by atoms with Gasteiger partial charge in [0.2, 0.25) is 5.91 Å². The van der Waals surface area contributed by atoms with Gasteiger partial charge in [-0.2, -0.15) is 0 Å². The Hall–Kier alpha value is -3.39. The highest BCUT2D eigenvalue weighted by Gasteiger charge is 2.30. The zero-order chi connectivity index (χ0) is 25.6. The number of carboxylic acids is 1. The Balaban J connectivity index is 1.64. The van der Waals surface area contributed by atoms with E-state index in [1.807, 2.05) is 57.2 Å². The van der Waals surface area contributed by atoms with Crippen LogP contribution < -0.4 is 10.6 Å². The number of carbonyl (C=O) groups is 3. The molecule has 8 nitrogen and oxygen atoms in total. The first-order chi connectivity index (χ1) is 16.6. The minimum atomic E-state index is -1.18. The Morgan fingerprint density at radius 1 is 0.971 bits per heavy atom. The van der Waals surface area contributed by atoms with Crippen LogP contribution in [0.4, 0.5) is 4.79 Å². The number of methoxy groups -OCH3 is 1. The van der Waals surface area contributed by atoms with Crippen molar-refractivity contribution < 1.29 is 29.0 Å². The first-order valence-corrected chi connectivity index (χ1v) is 11.7. The molecule has 0 radical (unpaired) electrons. The van der Waals surface area contributed by atoms with E-state index in [1.54, 1.807) is 0 Å². The molecule has 1 aliphatic rings. The molecule has 0 spiro atoms. The van der Waals surface area contributed by atoms with E-state index in [2.05, 4.69) is 22.8 Å². The monoisotopic (exact) mass is 482 g/mol. The molecule has 0 aromatic heterocycles. The fraction of sp³-hybridized carbons (Fsp3) is 0.444. The predicted molar refractivity (Wildman–Crippen MR) is 132 cm³/mol. The Morgan fingerprint density at radius 2 is 1.54 bits per heavy atom. The molecule has 0 fully saturated rings. The van der Waals surface area contributed by atoms with E-state index in [4.69, 9.17) is 9.47 Å². The van der Waals surface area contributed by atoms with Crippen LogP contribution in [0.3, 0.4) is 0 Å². The highest BCUT2D eigenvalue weighted by atomic mass is 16.5. The molecule has 3 N–H and O–H groups in total. The third-order valence-electron chi connectivity index (χ3n) is 5.92. The molecule has 8 heteroatoms. The number of hydrogen-bond donors (Lipinski definition) is 3. The molecular formula is C27H34N2O6. The van der Waals surface area contributed by atoms with Crippen LogP contribution in [-0.2, 0) is 19.1 Å². The smallest absolute Gasteiger partial charge is 0.407 e. The molecule has 3 rings (SSSR count). The molecule has 0 saturated heterocycles. The Kier molecular flexibility index (Phi) is 8.51. The van der Waals surface area contributed by atoms with Gasteiger partial charge >= 0.3 is 12.1 Å². The van der Waals surface area contributed by atoms with Crippen LogP contribution in [0.5, 0.6) is 0 Å². The van der Waals surface area contributed by atoms with E-state index >= 15 is 0 Å². The average molecular weight is 483 g/mol. The summed E-state index contributed by atoms with van der Waals surface area (Å²) in [6.45, 7) is 6.03. The predicted octanol–water partition coefficient (Wildman–Crippen LogP) is 3.94. The largest absolute Gasteiger partial charge is 0.480 e. The van der Waals surface area contributed by atoms with E-state index in [0.717, 1.165) is 22.3 Å². The van der Waals surface area contributed by atoms with Gasteiger partial charge in [0.1, 0.15) is 6.61 Å². The first kappa shape index (κ1) is 26.2. The SMILES string of the molecule is COCC(NC(=O)CC(CC(C)(C)C)NC(=O)OCC1c2ccccc2-c2ccccc21)C(=O)O. The van der Waals surface area contributed by atoms with Crippen LogP contribution in [-0.4, -0.2) is 55.5 Å². The molecule has 2 unspecified atom stereocenters. The molecule has 2 aromatic rings. The summed E-state index contributed by atoms with van der Waals surface area (Å²) in [5.41, 5.74) is 4.34. The highest BCUT2D eigenvalue weighted by molar-refractivity contribution is 5.84. The second-order valence-electron chi connectivity index (χ2n) is 10.0. The third-order valence-corrected chi connectivity index (χ3v) is 5.92. The molecular weight excluding hydrogens is 448 g/mol.